The molecule has 0 spiro atoms. The van der Waals surface area contributed by atoms with Crippen molar-refractivity contribution in [3.63, 3.8) is 0 Å². The Kier molecular flexibility index (Phi) is 5.18. The molecule has 3 rings (SSSR count). The highest BCUT2D eigenvalue weighted by molar-refractivity contribution is 5.66. The van der Waals surface area contributed by atoms with E-state index >= 15 is 0 Å². The second-order valence-corrected chi connectivity index (χ2v) is 7.21. The summed E-state index contributed by atoms with van der Waals surface area (Å²) in [6.07, 6.45) is 4.95. The predicted octanol–water partition coefficient (Wildman–Crippen LogP) is 2.97. The number of hydrogen-bond donors (Lipinski definition) is 1. The lowest BCUT2D eigenvalue weighted by Crippen LogP contribution is -2.40. The number of halogens is 2. The molecule has 5 nitrogen and oxygen atoms in total. The van der Waals surface area contributed by atoms with E-state index < -0.39 is 11.9 Å². The van der Waals surface area contributed by atoms with Crippen LogP contribution in [0.1, 0.15) is 50.1 Å². The van der Waals surface area contributed by atoms with Crippen molar-refractivity contribution < 1.29 is 18.7 Å². The third kappa shape index (κ3) is 4.32. The van der Waals surface area contributed by atoms with E-state index in [0.717, 1.165) is 38.2 Å². The van der Waals surface area contributed by atoms with Gasteiger partial charge in [-0.15, -0.1) is 0 Å². The van der Waals surface area contributed by atoms with E-state index in [9.17, 15) is 13.6 Å². The molecular formula is C17H25F2N3O2. The van der Waals surface area contributed by atoms with Crippen molar-refractivity contribution in [2.75, 3.05) is 19.6 Å². The van der Waals surface area contributed by atoms with Gasteiger partial charge in [0.25, 0.3) is 0 Å². The maximum atomic E-state index is 13.3. The minimum atomic E-state index is -2.47. The van der Waals surface area contributed by atoms with Crippen LogP contribution in [0.5, 0.6) is 0 Å². The molecule has 1 atom stereocenters. The Bertz CT molecular complexity index is 566. The Morgan fingerprint density at radius 2 is 2.08 bits per heavy atom. The molecule has 2 aliphatic rings. The Balaban J connectivity index is 1.57. The number of carboxylic acid groups (broad SMARTS) is 1. The fraction of sp³-hybridized carbons (Fsp3) is 0.765. The fourth-order valence-electron chi connectivity index (χ4n) is 4.06. The highest BCUT2D eigenvalue weighted by atomic mass is 19.3. The molecule has 2 heterocycles. The predicted molar refractivity (Wildman–Crippen MR) is 85.2 cm³/mol. The van der Waals surface area contributed by atoms with E-state index in [0.29, 0.717) is 18.8 Å². The van der Waals surface area contributed by atoms with Crippen LogP contribution in [0.4, 0.5) is 8.78 Å². The zero-order chi connectivity index (χ0) is 17.2. The van der Waals surface area contributed by atoms with Gasteiger partial charge in [0.1, 0.15) is 6.54 Å². The second-order valence-electron chi connectivity index (χ2n) is 7.21. The van der Waals surface area contributed by atoms with Gasteiger partial charge in [-0.1, -0.05) is 0 Å². The summed E-state index contributed by atoms with van der Waals surface area (Å²) < 4.78 is 28.1. The van der Waals surface area contributed by atoms with Gasteiger partial charge in [0, 0.05) is 43.7 Å². The molecule has 0 radical (unpaired) electrons. The van der Waals surface area contributed by atoms with Gasteiger partial charge in [0.2, 0.25) is 5.92 Å². The van der Waals surface area contributed by atoms with Crippen molar-refractivity contribution in [1.29, 1.82) is 0 Å². The second kappa shape index (κ2) is 7.17. The van der Waals surface area contributed by atoms with Gasteiger partial charge in [0.05, 0.1) is 0 Å². The van der Waals surface area contributed by atoms with Crippen LogP contribution in [0.3, 0.4) is 0 Å². The van der Waals surface area contributed by atoms with Crippen molar-refractivity contribution in [3.05, 3.63) is 18.0 Å². The maximum absolute atomic E-state index is 13.3. The minimum absolute atomic E-state index is 0.0142. The lowest BCUT2D eigenvalue weighted by atomic mass is 9.85. The van der Waals surface area contributed by atoms with Crippen molar-refractivity contribution in [2.24, 2.45) is 5.92 Å². The number of aromatic nitrogens is 2. The average molecular weight is 341 g/mol. The highest BCUT2D eigenvalue weighted by Crippen LogP contribution is 2.37. The summed E-state index contributed by atoms with van der Waals surface area (Å²) >= 11 is 0. The Morgan fingerprint density at radius 3 is 2.79 bits per heavy atom. The lowest BCUT2D eigenvalue weighted by Gasteiger charge is -2.37. The van der Waals surface area contributed by atoms with Gasteiger partial charge < -0.3 is 10.0 Å². The molecule has 0 aromatic carbocycles. The largest absolute Gasteiger partial charge is 0.480 e. The molecule has 0 unspecified atom stereocenters. The monoisotopic (exact) mass is 341 g/mol. The number of carboxylic acids is 1. The number of hydrogen-bond acceptors (Lipinski definition) is 3. The maximum Gasteiger partial charge on any atom is 0.325 e. The van der Waals surface area contributed by atoms with Crippen molar-refractivity contribution in [2.45, 2.75) is 56.9 Å². The lowest BCUT2D eigenvalue weighted by molar-refractivity contribution is -0.138. The minimum Gasteiger partial charge on any atom is -0.480 e. The SMILES string of the molecule is O=C(O)Cn1nccc1[C@@H]1CCCN(CC2CCC(F)(F)CC2)C1. The van der Waals surface area contributed by atoms with Crippen molar-refractivity contribution in [1.82, 2.24) is 14.7 Å². The molecule has 0 amide bonds. The molecule has 0 bridgehead atoms. The van der Waals surface area contributed by atoms with Gasteiger partial charge >= 0.3 is 5.97 Å². The Labute approximate surface area is 140 Å². The molecule has 1 saturated heterocycles. The molecule has 1 aromatic rings. The molecule has 24 heavy (non-hydrogen) atoms. The quantitative estimate of drug-likeness (QED) is 0.894. The molecule has 1 aliphatic heterocycles. The molecule has 1 saturated carbocycles. The first-order chi connectivity index (χ1) is 11.4. The number of nitrogens with zero attached hydrogens (tertiary/aromatic N) is 3. The van der Waals surface area contributed by atoms with Crippen LogP contribution in [0.15, 0.2) is 12.3 Å². The van der Waals surface area contributed by atoms with Crippen molar-refractivity contribution in [3.8, 4) is 0 Å². The standard InChI is InChI=1S/C17H25F2N3O2/c18-17(19)6-3-13(4-7-17)10-21-9-1-2-14(11-21)15-5-8-20-22(15)12-16(23)24/h5,8,13-14H,1-4,6-7,9-12H2,(H,23,24)/t14-/m1/s1. The van der Waals surface area contributed by atoms with E-state index in [4.69, 9.17) is 5.11 Å². The summed E-state index contributed by atoms with van der Waals surface area (Å²) in [5.41, 5.74) is 0.970. The van der Waals surface area contributed by atoms with Gasteiger partial charge in [0.15, 0.2) is 0 Å². The van der Waals surface area contributed by atoms with Crippen LogP contribution in [-0.2, 0) is 11.3 Å². The van der Waals surface area contributed by atoms with Gasteiger partial charge in [-0.2, -0.15) is 5.10 Å². The third-order valence-electron chi connectivity index (χ3n) is 5.31. The Morgan fingerprint density at radius 1 is 1.33 bits per heavy atom. The fourth-order valence-corrected chi connectivity index (χ4v) is 4.06. The summed E-state index contributed by atoms with van der Waals surface area (Å²) in [6.45, 7) is 2.62. The molecule has 1 aromatic heterocycles. The number of rotatable bonds is 5. The van der Waals surface area contributed by atoms with Crippen LogP contribution in [0.25, 0.3) is 0 Å². The van der Waals surface area contributed by atoms with Gasteiger partial charge in [-0.05, 0) is 44.2 Å². The van der Waals surface area contributed by atoms with E-state index in [1.807, 2.05) is 6.07 Å². The highest BCUT2D eigenvalue weighted by Gasteiger charge is 2.36. The van der Waals surface area contributed by atoms with Crippen LogP contribution >= 0.6 is 0 Å². The Hall–Kier alpha value is -1.50. The van der Waals surface area contributed by atoms with Gasteiger partial charge in [-0.25, -0.2) is 8.78 Å². The van der Waals surface area contributed by atoms with Crippen molar-refractivity contribution >= 4 is 5.97 Å². The summed E-state index contributed by atoms with van der Waals surface area (Å²) in [6, 6.07) is 1.90. The molecular weight excluding hydrogens is 316 g/mol. The molecule has 7 heteroatoms. The van der Waals surface area contributed by atoms with E-state index in [-0.39, 0.29) is 25.3 Å². The van der Waals surface area contributed by atoms with E-state index in [1.165, 1.54) is 0 Å². The summed E-state index contributed by atoms with van der Waals surface area (Å²) in [5, 5.41) is 13.1. The third-order valence-corrected chi connectivity index (χ3v) is 5.31. The smallest absolute Gasteiger partial charge is 0.325 e. The van der Waals surface area contributed by atoms with Crippen LogP contribution in [0, 0.1) is 5.92 Å². The van der Waals surface area contributed by atoms with Crippen LogP contribution < -0.4 is 0 Å². The van der Waals surface area contributed by atoms with E-state index in [1.54, 1.807) is 10.9 Å². The first-order valence-electron chi connectivity index (χ1n) is 8.76. The summed E-state index contributed by atoms with van der Waals surface area (Å²) in [4.78, 5) is 13.3. The summed E-state index contributed by atoms with van der Waals surface area (Å²) in [7, 11) is 0. The normalized spacial score (nSPS) is 25.7. The molecule has 1 N–H and O–H groups in total. The number of alkyl halides is 2. The van der Waals surface area contributed by atoms with Gasteiger partial charge in [-0.3, -0.25) is 9.48 Å². The number of likely N-dealkylation sites (tertiary alicyclic amines) is 1. The average Bonchev–Trinajstić information content (AvgIpc) is 2.97. The molecule has 2 fully saturated rings. The number of carbonyl (C=O) groups is 1. The zero-order valence-electron chi connectivity index (χ0n) is 13.8. The first-order valence-corrected chi connectivity index (χ1v) is 8.76. The molecule has 1 aliphatic carbocycles. The topological polar surface area (TPSA) is 58.4 Å². The first kappa shape index (κ1) is 17.3. The molecule has 134 valence electrons. The number of aliphatic carboxylic acids is 1. The van der Waals surface area contributed by atoms with Crippen LogP contribution in [0.2, 0.25) is 0 Å². The van der Waals surface area contributed by atoms with E-state index in [2.05, 4.69) is 10.00 Å². The zero-order valence-corrected chi connectivity index (χ0v) is 13.8. The van der Waals surface area contributed by atoms with Crippen LogP contribution in [-0.4, -0.2) is 51.3 Å². The number of piperidine rings is 1. The summed E-state index contributed by atoms with van der Waals surface area (Å²) in [5.74, 6) is -2.74.